The van der Waals surface area contributed by atoms with Crippen molar-refractivity contribution in [2.75, 3.05) is 4.90 Å². The average molecular weight is 680 g/mol. The van der Waals surface area contributed by atoms with E-state index in [2.05, 4.69) is 205 Å². The van der Waals surface area contributed by atoms with Gasteiger partial charge >= 0.3 is 0 Å². The molecule has 244 valence electrons. The van der Waals surface area contributed by atoms with E-state index in [1.165, 1.54) is 75.1 Å². The number of nitrogens with zero attached hydrogens (tertiary/aromatic N) is 1. The number of anilines is 3. The third kappa shape index (κ3) is 5.51. The topological polar surface area (TPSA) is 3.24 Å². The zero-order valence-corrected chi connectivity index (χ0v) is 29.2. The smallest absolute Gasteiger partial charge is 0.0462 e. The van der Waals surface area contributed by atoms with Gasteiger partial charge < -0.3 is 4.90 Å². The second-order valence-electron chi connectivity index (χ2n) is 13.4. The molecule has 0 radical (unpaired) electrons. The predicted octanol–water partition coefficient (Wildman–Crippen LogP) is 14.8. The van der Waals surface area contributed by atoms with Crippen LogP contribution in [0.25, 0.3) is 75.1 Å². The highest BCUT2D eigenvalue weighted by Crippen LogP contribution is 2.41. The van der Waals surface area contributed by atoms with E-state index in [0.717, 1.165) is 17.1 Å². The van der Waals surface area contributed by atoms with Gasteiger partial charge in [0.05, 0.1) is 0 Å². The van der Waals surface area contributed by atoms with E-state index in [1.807, 2.05) is 11.3 Å². The molecule has 0 atom stereocenters. The number of hydrogen-bond donors (Lipinski definition) is 0. The lowest BCUT2D eigenvalue weighted by atomic mass is 10.00. The van der Waals surface area contributed by atoms with Crippen molar-refractivity contribution in [2.45, 2.75) is 0 Å². The Bertz CT molecular complexity index is 2760. The van der Waals surface area contributed by atoms with Crippen LogP contribution < -0.4 is 4.90 Å². The molecule has 10 rings (SSSR count). The minimum atomic E-state index is 1.11. The van der Waals surface area contributed by atoms with Crippen molar-refractivity contribution in [3.8, 4) is 32.7 Å². The largest absolute Gasteiger partial charge is 0.311 e. The highest BCUT2D eigenvalue weighted by molar-refractivity contribution is 7.23. The van der Waals surface area contributed by atoms with E-state index in [-0.39, 0.29) is 0 Å². The molecule has 1 heterocycles. The fourth-order valence-corrected chi connectivity index (χ4v) is 8.68. The first-order valence-electron chi connectivity index (χ1n) is 17.7. The van der Waals surface area contributed by atoms with Crippen molar-refractivity contribution >= 4 is 70.8 Å². The first-order chi connectivity index (χ1) is 25.7. The lowest BCUT2D eigenvalue weighted by Gasteiger charge is -2.26. The molecule has 10 aromatic rings. The number of thiophene rings is 1. The van der Waals surface area contributed by atoms with Gasteiger partial charge in [-0.25, -0.2) is 0 Å². The van der Waals surface area contributed by atoms with Crippen LogP contribution in [0.3, 0.4) is 0 Å². The minimum Gasteiger partial charge on any atom is -0.311 e. The Labute approximate surface area is 307 Å². The molecule has 0 saturated heterocycles. The second kappa shape index (κ2) is 12.7. The Morgan fingerprint density at radius 3 is 1.23 bits per heavy atom. The standard InChI is InChI=1S/C50H33NS/c1-3-10-40-31-42(16-13-34(40)7-1)36-19-25-45(26-20-36)51(46-27-21-37(22-28-46)43-17-14-35-8-2-4-11-41(35)32-43)47-29-23-39(24-30-47)49-33-44-18-15-38-9-5-6-12-48(38)50(44)52-49/h1-33H. The average Bonchev–Trinajstić information content (AvgIpc) is 3.67. The van der Waals surface area contributed by atoms with Crippen molar-refractivity contribution in [1.82, 2.24) is 0 Å². The fraction of sp³-hybridized carbons (Fsp3) is 0. The van der Waals surface area contributed by atoms with Gasteiger partial charge in [-0.1, -0.05) is 146 Å². The van der Waals surface area contributed by atoms with E-state index in [9.17, 15) is 0 Å². The lowest BCUT2D eigenvalue weighted by Crippen LogP contribution is -2.09. The summed E-state index contributed by atoms with van der Waals surface area (Å²) in [5, 5.41) is 8.92. The zero-order chi connectivity index (χ0) is 34.4. The van der Waals surface area contributed by atoms with Crippen LogP contribution in [-0.4, -0.2) is 0 Å². The van der Waals surface area contributed by atoms with Crippen molar-refractivity contribution in [3.63, 3.8) is 0 Å². The van der Waals surface area contributed by atoms with Gasteiger partial charge in [0.2, 0.25) is 0 Å². The highest BCUT2D eigenvalue weighted by Gasteiger charge is 2.15. The molecule has 52 heavy (non-hydrogen) atoms. The summed E-state index contributed by atoms with van der Waals surface area (Å²) in [5.41, 5.74) is 9.42. The first kappa shape index (κ1) is 30.4. The van der Waals surface area contributed by atoms with Crippen LogP contribution in [0.15, 0.2) is 200 Å². The number of hydrogen-bond acceptors (Lipinski definition) is 2. The Morgan fingerprint density at radius 2 is 0.692 bits per heavy atom. The molecule has 0 unspecified atom stereocenters. The van der Waals surface area contributed by atoms with Crippen molar-refractivity contribution in [2.24, 2.45) is 0 Å². The quantitative estimate of drug-likeness (QED) is 0.169. The molecule has 0 amide bonds. The zero-order valence-electron chi connectivity index (χ0n) is 28.4. The maximum absolute atomic E-state index is 2.36. The summed E-state index contributed by atoms with van der Waals surface area (Å²) >= 11 is 1.87. The fourth-order valence-electron chi connectivity index (χ4n) is 7.48. The number of fused-ring (bicyclic) bond motifs is 5. The molecular formula is C50H33NS. The molecule has 0 aliphatic rings. The molecular weight excluding hydrogens is 647 g/mol. The van der Waals surface area contributed by atoms with Gasteiger partial charge in [0.15, 0.2) is 0 Å². The third-order valence-corrected chi connectivity index (χ3v) is 11.5. The highest BCUT2D eigenvalue weighted by atomic mass is 32.1. The SMILES string of the molecule is c1ccc2cc(-c3ccc(N(c4ccc(-c5ccc6ccccc6c5)cc4)c4ccc(-c5cc6ccc7ccccc7c6s5)cc4)cc3)ccc2c1. The van der Waals surface area contributed by atoms with Gasteiger partial charge in [0, 0.05) is 26.6 Å². The van der Waals surface area contributed by atoms with Crippen LogP contribution in [-0.2, 0) is 0 Å². The van der Waals surface area contributed by atoms with E-state index in [1.54, 1.807) is 0 Å². The van der Waals surface area contributed by atoms with E-state index in [0.29, 0.717) is 0 Å². The van der Waals surface area contributed by atoms with Crippen LogP contribution in [0.1, 0.15) is 0 Å². The van der Waals surface area contributed by atoms with Gasteiger partial charge in [-0.3, -0.25) is 0 Å². The summed E-state index contributed by atoms with van der Waals surface area (Å²) in [5.74, 6) is 0. The predicted molar refractivity (Wildman–Crippen MR) is 225 cm³/mol. The van der Waals surface area contributed by atoms with E-state index < -0.39 is 0 Å². The molecule has 0 saturated carbocycles. The van der Waals surface area contributed by atoms with Gasteiger partial charge in [-0.15, -0.1) is 11.3 Å². The van der Waals surface area contributed by atoms with Crippen LogP contribution >= 0.6 is 11.3 Å². The molecule has 2 heteroatoms. The molecule has 0 N–H and O–H groups in total. The lowest BCUT2D eigenvalue weighted by molar-refractivity contribution is 1.28. The Hall–Kier alpha value is -6.48. The molecule has 1 aromatic heterocycles. The van der Waals surface area contributed by atoms with Gasteiger partial charge in [0.1, 0.15) is 0 Å². The van der Waals surface area contributed by atoms with Crippen molar-refractivity contribution in [3.05, 3.63) is 200 Å². The van der Waals surface area contributed by atoms with Crippen LogP contribution in [0, 0.1) is 0 Å². The molecule has 0 spiro atoms. The molecule has 1 nitrogen and oxygen atoms in total. The molecule has 0 bridgehead atoms. The van der Waals surface area contributed by atoms with Crippen LogP contribution in [0.5, 0.6) is 0 Å². The van der Waals surface area contributed by atoms with Gasteiger partial charge in [0.25, 0.3) is 0 Å². The summed E-state index contributed by atoms with van der Waals surface area (Å²) in [4.78, 5) is 3.64. The summed E-state index contributed by atoms with van der Waals surface area (Å²) in [7, 11) is 0. The van der Waals surface area contributed by atoms with Gasteiger partial charge in [-0.2, -0.15) is 0 Å². The second-order valence-corrected chi connectivity index (χ2v) is 14.5. The summed E-state index contributed by atoms with van der Waals surface area (Å²) < 4.78 is 1.34. The maximum Gasteiger partial charge on any atom is 0.0462 e. The Kier molecular flexibility index (Phi) is 7.41. The molecule has 0 fully saturated rings. The number of rotatable bonds is 6. The first-order valence-corrected chi connectivity index (χ1v) is 18.6. The summed E-state index contributed by atoms with van der Waals surface area (Å²) in [6, 6.07) is 73.0. The normalized spacial score (nSPS) is 11.5. The van der Waals surface area contributed by atoms with Crippen molar-refractivity contribution in [1.29, 1.82) is 0 Å². The molecule has 0 aliphatic carbocycles. The van der Waals surface area contributed by atoms with E-state index >= 15 is 0 Å². The molecule has 0 aliphatic heterocycles. The minimum absolute atomic E-state index is 1.11. The van der Waals surface area contributed by atoms with Gasteiger partial charge in [-0.05, 0) is 120 Å². The monoisotopic (exact) mass is 679 g/mol. The summed E-state index contributed by atoms with van der Waals surface area (Å²) in [6.07, 6.45) is 0. The third-order valence-electron chi connectivity index (χ3n) is 10.2. The number of benzene rings is 9. The summed E-state index contributed by atoms with van der Waals surface area (Å²) in [6.45, 7) is 0. The van der Waals surface area contributed by atoms with E-state index in [4.69, 9.17) is 0 Å². The Morgan fingerprint density at radius 1 is 0.288 bits per heavy atom. The van der Waals surface area contributed by atoms with Crippen molar-refractivity contribution < 1.29 is 0 Å². The van der Waals surface area contributed by atoms with Crippen LogP contribution in [0.4, 0.5) is 17.1 Å². The maximum atomic E-state index is 2.36. The van der Waals surface area contributed by atoms with Crippen LogP contribution in [0.2, 0.25) is 0 Å². The Balaban J connectivity index is 1.02. The molecule has 9 aromatic carbocycles.